The molecule has 2 N–H and O–H groups in total. The van der Waals surface area contributed by atoms with E-state index in [1.165, 1.54) is 27.7 Å². The maximum absolute atomic E-state index is 14.4. The van der Waals surface area contributed by atoms with E-state index < -0.39 is 17.4 Å². The minimum atomic E-state index is -4.58. The zero-order chi connectivity index (χ0) is 28.9. The van der Waals surface area contributed by atoms with Gasteiger partial charge in [0.25, 0.3) is 0 Å². The van der Waals surface area contributed by atoms with Crippen LogP contribution in [0.15, 0.2) is 23.3 Å². The SMILES string of the molecule is C[C@H]1CCCN(Cc2cc(C(F)(F)F)c3cn(C4CC(C#N)CC([C@H](C5CCC5)C5NNCN5C)C4)c(=O)n3c2)C1. The maximum atomic E-state index is 14.4. The summed E-state index contributed by atoms with van der Waals surface area (Å²) in [7, 11) is 2.08. The molecule has 2 saturated heterocycles. The first-order valence-electron chi connectivity index (χ1n) is 15.3. The second-order valence-electron chi connectivity index (χ2n) is 13.2. The molecule has 4 unspecified atom stereocenters. The molecule has 0 bridgehead atoms. The first-order chi connectivity index (χ1) is 19.6. The molecular weight excluding hydrogens is 531 g/mol. The lowest BCUT2D eigenvalue weighted by atomic mass is 9.63. The number of hydrogen-bond acceptors (Lipinski definition) is 6. The third kappa shape index (κ3) is 5.68. The highest BCUT2D eigenvalue weighted by molar-refractivity contribution is 5.56. The van der Waals surface area contributed by atoms with Gasteiger partial charge in [0, 0.05) is 37.4 Å². The summed E-state index contributed by atoms with van der Waals surface area (Å²) in [6, 6.07) is 3.36. The van der Waals surface area contributed by atoms with Crippen LogP contribution in [0.5, 0.6) is 0 Å². The van der Waals surface area contributed by atoms with Crippen LogP contribution in [-0.2, 0) is 12.7 Å². The molecule has 2 saturated carbocycles. The fraction of sp³-hybridized carbons (Fsp3) is 0.733. The molecule has 2 aromatic heterocycles. The molecule has 4 heterocycles. The summed E-state index contributed by atoms with van der Waals surface area (Å²) in [5.41, 5.74) is 5.85. The summed E-state index contributed by atoms with van der Waals surface area (Å²) in [6.45, 7) is 4.98. The summed E-state index contributed by atoms with van der Waals surface area (Å²) in [5.74, 6) is 1.30. The highest BCUT2D eigenvalue weighted by atomic mass is 19.4. The predicted molar refractivity (Wildman–Crippen MR) is 149 cm³/mol. The fourth-order valence-electron chi connectivity index (χ4n) is 8.10. The number of fused-ring (bicyclic) bond motifs is 1. The van der Waals surface area contributed by atoms with Crippen molar-refractivity contribution in [2.24, 2.45) is 29.6 Å². The van der Waals surface area contributed by atoms with Crippen molar-refractivity contribution >= 4 is 5.52 Å². The Hall–Kier alpha value is -2.39. The third-order valence-electron chi connectivity index (χ3n) is 10.3. The highest BCUT2D eigenvalue weighted by Gasteiger charge is 2.45. The molecule has 2 aliphatic carbocycles. The summed E-state index contributed by atoms with van der Waals surface area (Å²) in [4.78, 5) is 18.3. The Balaban J connectivity index is 1.35. The van der Waals surface area contributed by atoms with Crippen molar-refractivity contribution in [2.75, 3.05) is 26.8 Å². The van der Waals surface area contributed by atoms with Crippen molar-refractivity contribution in [1.29, 1.82) is 5.26 Å². The Morgan fingerprint density at radius 1 is 1.12 bits per heavy atom. The Labute approximate surface area is 239 Å². The molecule has 224 valence electrons. The number of imidazole rings is 1. The summed E-state index contributed by atoms with van der Waals surface area (Å²) in [5, 5.41) is 10.0. The second kappa shape index (κ2) is 11.4. The quantitative estimate of drug-likeness (QED) is 0.527. The van der Waals surface area contributed by atoms with E-state index in [4.69, 9.17) is 0 Å². The summed E-state index contributed by atoms with van der Waals surface area (Å²) in [6.07, 6.45) is 6.13. The topological polar surface area (TPSA) is 80.7 Å². The molecule has 0 radical (unpaired) electrons. The molecule has 41 heavy (non-hydrogen) atoms. The lowest BCUT2D eigenvalue weighted by Crippen LogP contribution is -2.50. The van der Waals surface area contributed by atoms with Gasteiger partial charge in [0.15, 0.2) is 0 Å². The number of aromatic nitrogens is 2. The largest absolute Gasteiger partial charge is 0.418 e. The van der Waals surface area contributed by atoms with Crippen LogP contribution in [0.4, 0.5) is 13.2 Å². The van der Waals surface area contributed by atoms with Gasteiger partial charge in [-0.2, -0.15) is 18.4 Å². The van der Waals surface area contributed by atoms with Gasteiger partial charge in [-0.15, -0.1) is 0 Å². The molecule has 0 aromatic carbocycles. The smallest absolute Gasteiger partial charge is 0.299 e. The van der Waals surface area contributed by atoms with Gasteiger partial charge < -0.3 is 0 Å². The van der Waals surface area contributed by atoms with Crippen LogP contribution in [0.3, 0.4) is 0 Å². The second-order valence-corrected chi connectivity index (χ2v) is 13.2. The van der Waals surface area contributed by atoms with E-state index in [1.54, 1.807) is 6.20 Å². The molecule has 2 aliphatic heterocycles. The number of pyridine rings is 1. The van der Waals surface area contributed by atoms with Crippen LogP contribution in [0.2, 0.25) is 0 Å². The van der Waals surface area contributed by atoms with E-state index in [0.717, 1.165) is 51.9 Å². The highest BCUT2D eigenvalue weighted by Crippen LogP contribution is 2.48. The van der Waals surface area contributed by atoms with Crippen LogP contribution in [0, 0.1) is 40.9 Å². The van der Waals surface area contributed by atoms with Gasteiger partial charge >= 0.3 is 11.9 Å². The predicted octanol–water partition coefficient (Wildman–Crippen LogP) is 4.57. The zero-order valence-corrected chi connectivity index (χ0v) is 24.0. The number of hydrazine groups is 1. The Bertz CT molecular complexity index is 1340. The van der Waals surface area contributed by atoms with Crippen molar-refractivity contribution in [1.82, 2.24) is 29.6 Å². The van der Waals surface area contributed by atoms with Gasteiger partial charge in [-0.05, 0) is 81.0 Å². The molecule has 6 atom stereocenters. The van der Waals surface area contributed by atoms with Crippen LogP contribution < -0.4 is 16.5 Å². The normalized spacial score (nSPS) is 31.3. The van der Waals surface area contributed by atoms with Gasteiger partial charge in [0.1, 0.15) is 0 Å². The number of piperidine rings is 1. The monoisotopic (exact) mass is 573 g/mol. The van der Waals surface area contributed by atoms with Crippen molar-refractivity contribution in [3.63, 3.8) is 0 Å². The lowest BCUT2D eigenvalue weighted by Gasteiger charge is -2.46. The minimum Gasteiger partial charge on any atom is -0.299 e. The fourth-order valence-corrected chi connectivity index (χ4v) is 8.10. The van der Waals surface area contributed by atoms with Crippen LogP contribution in [0.1, 0.15) is 75.5 Å². The average molecular weight is 574 g/mol. The van der Waals surface area contributed by atoms with Crippen molar-refractivity contribution < 1.29 is 13.2 Å². The van der Waals surface area contributed by atoms with Gasteiger partial charge in [0.2, 0.25) is 0 Å². The first-order valence-corrected chi connectivity index (χ1v) is 15.3. The minimum absolute atomic E-state index is 0.106. The average Bonchev–Trinajstić information content (AvgIpc) is 3.47. The van der Waals surface area contributed by atoms with Crippen molar-refractivity contribution in [3.05, 3.63) is 40.1 Å². The van der Waals surface area contributed by atoms with E-state index in [-0.39, 0.29) is 29.6 Å². The zero-order valence-electron chi connectivity index (χ0n) is 24.0. The standard InChI is InChI=1S/C30H42F3N7O/c1-19-5-4-8-38(14-19)15-21-11-25(30(31,32)33)26-17-39(29(41)40(26)16-21)24-10-20(13-34)9-23(12-24)27(22-6-3-7-22)28-36-35-18-37(28)2/h11,16-17,19-20,22-24,27-28,35-36H,3-10,12,14-15,18H2,1-2H3/t19-,20?,23?,24?,27-,28?/m0/s1. The van der Waals surface area contributed by atoms with Gasteiger partial charge in [0.05, 0.1) is 30.0 Å². The Morgan fingerprint density at radius 2 is 1.93 bits per heavy atom. The number of alkyl halides is 3. The summed E-state index contributed by atoms with van der Waals surface area (Å²) >= 11 is 0. The molecule has 4 fully saturated rings. The van der Waals surface area contributed by atoms with E-state index in [1.807, 2.05) is 0 Å². The summed E-state index contributed by atoms with van der Waals surface area (Å²) < 4.78 is 45.8. The van der Waals surface area contributed by atoms with E-state index in [2.05, 4.69) is 40.7 Å². The number of nitrogens with one attached hydrogen (secondary N) is 2. The molecule has 4 aliphatic rings. The van der Waals surface area contributed by atoms with E-state index in [9.17, 15) is 23.2 Å². The van der Waals surface area contributed by atoms with E-state index >= 15 is 0 Å². The van der Waals surface area contributed by atoms with Crippen LogP contribution >= 0.6 is 0 Å². The molecule has 8 nitrogen and oxygen atoms in total. The molecule has 2 aromatic rings. The lowest BCUT2D eigenvalue weighted by molar-refractivity contribution is -0.136. The number of likely N-dealkylation sites (tertiary alicyclic amines) is 1. The molecule has 0 spiro atoms. The van der Waals surface area contributed by atoms with E-state index in [0.29, 0.717) is 42.7 Å². The van der Waals surface area contributed by atoms with Crippen molar-refractivity contribution in [2.45, 2.75) is 83.2 Å². The molecular formula is C30H42F3N7O. The van der Waals surface area contributed by atoms with Gasteiger partial charge in [-0.1, -0.05) is 26.2 Å². The van der Waals surface area contributed by atoms with Gasteiger partial charge in [-0.3, -0.25) is 18.8 Å². The third-order valence-corrected chi connectivity index (χ3v) is 10.3. The van der Waals surface area contributed by atoms with Crippen molar-refractivity contribution in [3.8, 4) is 6.07 Å². The molecule has 0 amide bonds. The molecule has 11 heteroatoms. The molecule has 6 rings (SSSR count). The number of nitrogens with zero attached hydrogens (tertiary/aromatic N) is 5. The number of nitriles is 1. The number of halogens is 3. The first kappa shape index (κ1) is 28.7. The number of rotatable bonds is 6. The Morgan fingerprint density at radius 3 is 2.56 bits per heavy atom. The number of hydrogen-bond donors (Lipinski definition) is 2. The maximum Gasteiger partial charge on any atom is 0.418 e. The van der Waals surface area contributed by atoms with Crippen LogP contribution in [-0.4, -0.2) is 51.7 Å². The van der Waals surface area contributed by atoms with Gasteiger partial charge in [-0.25, -0.2) is 15.6 Å². The van der Waals surface area contributed by atoms with Crippen LogP contribution in [0.25, 0.3) is 5.52 Å². The Kier molecular flexibility index (Phi) is 7.96.